The van der Waals surface area contributed by atoms with E-state index in [1.807, 2.05) is 12.3 Å². The predicted octanol–water partition coefficient (Wildman–Crippen LogP) is 2.66. The molecule has 1 rings (SSSR count). The van der Waals surface area contributed by atoms with Crippen molar-refractivity contribution >= 4 is 34.6 Å². The maximum Gasteiger partial charge on any atom is 0.263 e. The molecule has 1 N–H and O–H groups in total. The SMILES string of the molecule is Cc1csc(C(=O)NCC(=O)C(C)C)c1Cl. The van der Waals surface area contributed by atoms with Crippen LogP contribution in [0.1, 0.15) is 29.1 Å². The molecule has 0 fully saturated rings. The second-order valence-corrected chi connectivity index (χ2v) is 5.12. The van der Waals surface area contributed by atoms with Crippen LogP contribution in [0.4, 0.5) is 0 Å². The monoisotopic (exact) mass is 259 g/mol. The summed E-state index contributed by atoms with van der Waals surface area (Å²) in [4.78, 5) is 23.5. The molecule has 1 aromatic rings. The van der Waals surface area contributed by atoms with Crippen molar-refractivity contribution in [3.05, 3.63) is 20.8 Å². The summed E-state index contributed by atoms with van der Waals surface area (Å²) in [6.45, 7) is 5.51. The number of rotatable bonds is 4. The fourth-order valence-corrected chi connectivity index (χ4v) is 2.23. The molecule has 0 saturated carbocycles. The fourth-order valence-electron chi connectivity index (χ4n) is 1.03. The minimum atomic E-state index is -0.280. The Kier molecular flexibility index (Phi) is 4.50. The van der Waals surface area contributed by atoms with Gasteiger partial charge in [-0.25, -0.2) is 0 Å². The molecule has 88 valence electrons. The Balaban J connectivity index is 2.60. The van der Waals surface area contributed by atoms with E-state index >= 15 is 0 Å². The van der Waals surface area contributed by atoms with Crippen LogP contribution in [0.2, 0.25) is 5.02 Å². The summed E-state index contributed by atoms with van der Waals surface area (Å²) in [5, 5.41) is 4.86. The molecule has 0 bridgehead atoms. The van der Waals surface area contributed by atoms with Gasteiger partial charge in [-0.05, 0) is 17.9 Å². The van der Waals surface area contributed by atoms with Gasteiger partial charge in [0.2, 0.25) is 0 Å². The number of carbonyl (C=O) groups excluding carboxylic acids is 2. The summed E-state index contributed by atoms with van der Waals surface area (Å²) in [5.74, 6) is -0.337. The number of aryl methyl sites for hydroxylation is 1. The van der Waals surface area contributed by atoms with Gasteiger partial charge < -0.3 is 5.32 Å². The first-order valence-corrected chi connectivity index (χ1v) is 6.23. The van der Waals surface area contributed by atoms with Gasteiger partial charge in [-0.1, -0.05) is 25.4 Å². The lowest BCUT2D eigenvalue weighted by Gasteiger charge is -2.05. The van der Waals surface area contributed by atoms with Crippen molar-refractivity contribution in [2.24, 2.45) is 5.92 Å². The van der Waals surface area contributed by atoms with E-state index in [2.05, 4.69) is 5.32 Å². The molecule has 0 aliphatic carbocycles. The number of hydrogen-bond donors (Lipinski definition) is 1. The van der Waals surface area contributed by atoms with Crippen molar-refractivity contribution in [2.75, 3.05) is 6.54 Å². The molecule has 1 amide bonds. The van der Waals surface area contributed by atoms with E-state index in [9.17, 15) is 9.59 Å². The van der Waals surface area contributed by atoms with Crippen LogP contribution < -0.4 is 5.32 Å². The molecule has 5 heteroatoms. The van der Waals surface area contributed by atoms with Crippen molar-refractivity contribution in [3.63, 3.8) is 0 Å². The van der Waals surface area contributed by atoms with Gasteiger partial charge in [0, 0.05) is 5.92 Å². The maximum atomic E-state index is 11.7. The number of nitrogens with one attached hydrogen (secondary N) is 1. The Bertz CT molecular complexity index is 412. The van der Waals surface area contributed by atoms with E-state index < -0.39 is 0 Å². The summed E-state index contributed by atoms with van der Waals surface area (Å²) >= 11 is 7.24. The van der Waals surface area contributed by atoms with Gasteiger partial charge in [-0.15, -0.1) is 11.3 Å². The lowest BCUT2D eigenvalue weighted by atomic mass is 10.1. The number of Topliss-reactive ketones (excluding diaryl/α,β-unsaturated/α-hetero) is 1. The van der Waals surface area contributed by atoms with E-state index in [0.29, 0.717) is 9.90 Å². The molecule has 0 unspecified atom stereocenters. The Morgan fingerprint density at radius 1 is 1.50 bits per heavy atom. The number of carbonyl (C=O) groups is 2. The maximum absolute atomic E-state index is 11.7. The van der Waals surface area contributed by atoms with Crippen LogP contribution in [0.25, 0.3) is 0 Å². The van der Waals surface area contributed by atoms with E-state index in [1.54, 1.807) is 13.8 Å². The van der Waals surface area contributed by atoms with Crippen LogP contribution in [0.15, 0.2) is 5.38 Å². The first-order chi connectivity index (χ1) is 7.43. The first kappa shape index (κ1) is 13.2. The molecule has 0 aliphatic rings. The van der Waals surface area contributed by atoms with Crippen molar-refractivity contribution < 1.29 is 9.59 Å². The van der Waals surface area contributed by atoms with Crippen LogP contribution in [0.5, 0.6) is 0 Å². The number of halogens is 1. The Labute approximate surface area is 104 Å². The third-order valence-electron chi connectivity index (χ3n) is 2.17. The van der Waals surface area contributed by atoms with E-state index in [-0.39, 0.29) is 24.2 Å². The third-order valence-corrected chi connectivity index (χ3v) is 3.87. The average molecular weight is 260 g/mol. The molecule has 1 aromatic heterocycles. The van der Waals surface area contributed by atoms with Crippen LogP contribution in [-0.4, -0.2) is 18.2 Å². The standard InChI is InChI=1S/C11H14ClNO2S/c1-6(2)8(14)4-13-11(15)10-9(12)7(3)5-16-10/h5-6H,4H2,1-3H3,(H,13,15). The average Bonchev–Trinajstić information content (AvgIpc) is 2.55. The normalized spacial score (nSPS) is 10.6. The highest BCUT2D eigenvalue weighted by Gasteiger charge is 2.16. The van der Waals surface area contributed by atoms with E-state index in [1.165, 1.54) is 11.3 Å². The minimum Gasteiger partial charge on any atom is -0.344 e. The number of thiophene rings is 1. The van der Waals surface area contributed by atoms with Crippen LogP contribution in [-0.2, 0) is 4.79 Å². The number of amides is 1. The van der Waals surface area contributed by atoms with E-state index in [4.69, 9.17) is 11.6 Å². The van der Waals surface area contributed by atoms with Gasteiger partial charge in [0.1, 0.15) is 4.88 Å². The molecule has 0 spiro atoms. The molecule has 3 nitrogen and oxygen atoms in total. The van der Waals surface area contributed by atoms with Crippen molar-refractivity contribution in [3.8, 4) is 0 Å². The molecule has 0 atom stereocenters. The molecule has 0 aliphatic heterocycles. The van der Waals surface area contributed by atoms with Crippen molar-refractivity contribution in [1.29, 1.82) is 0 Å². The van der Waals surface area contributed by atoms with Crippen LogP contribution >= 0.6 is 22.9 Å². The first-order valence-electron chi connectivity index (χ1n) is 4.98. The largest absolute Gasteiger partial charge is 0.344 e. The van der Waals surface area contributed by atoms with Crippen LogP contribution in [0.3, 0.4) is 0 Å². The van der Waals surface area contributed by atoms with Crippen LogP contribution in [0, 0.1) is 12.8 Å². The van der Waals surface area contributed by atoms with Gasteiger partial charge >= 0.3 is 0 Å². The highest BCUT2D eigenvalue weighted by molar-refractivity contribution is 7.13. The van der Waals surface area contributed by atoms with E-state index in [0.717, 1.165) is 5.56 Å². The van der Waals surface area contributed by atoms with Gasteiger partial charge in [0.05, 0.1) is 11.6 Å². The lowest BCUT2D eigenvalue weighted by molar-refractivity contribution is -0.120. The summed E-state index contributed by atoms with van der Waals surface area (Å²) in [6.07, 6.45) is 0. The number of ketones is 1. The summed E-state index contributed by atoms with van der Waals surface area (Å²) in [5.41, 5.74) is 0.881. The Hall–Kier alpha value is -0.870. The summed E-state index contributed by atoms with van der Waals surface area (Å²) in [6, 6.07) is 0. The zero-order valence-corrected chi connectivity index (χ0v) is 11.0. The second-order valence-electron chi connectivity index (χ2n) is 3.87. The van der Waals surface area contributed by atoms with Gasteiger partial charge in [-0.2, -0.15) is 0 Å². The topological polar surface area (TPSA) is 46.2 Å². The Morgan fingerprint density at radius 2 is 2.12 bits per heavy atom. The molecular weight excluding hydrogens is 246 g/mol. The quantitative estimate of drug-likeness (QED) is 0.904. The fraction of sp³-hybridized carbons (Fsp3) is 0.455. The summed E-state index contributed by atoms with van der Waals surface area (Å²) < 4.78 is 0. The Morgan fingerprint density at radius 3 is 2.56 bits per heavy atom. The summed E-state index contributed by atoms with van der Waals surface area (Å²) in [7, 11) is 0. The number of hydrogen-bond acceptors (Lipinski definition) is 3. The van der Waals surface area contributed by atoms with Crippen molar-refractivity contribution in [1.82, 2.24) is 5.32 Å². The highest BCUT2D eigenvalue weighted by atomic mass is 35.5. The van der Waals surface area contributed by atoms with Gasteiger partial charge in [-0.3, -0.25) is 9.59 Å². The smallest absolute Gasteiger partial charge is 0.263 e. The molecule has 16 heavy (non-hydrogen) atoms. The molecule has 1 heterocycles. The molecule has 0 radical (unpaired) electrons. The second kappa shape index (κ2) is 5.46. The predicted molar refractivity (Wildman–Crippen MR) is 66.2 cm³/mol. The molecular formula is C11H14ClNO2S. The lowest BCUT2D eigenvalue weighted by Crippen LogP contribution is -2.31. The zero-order chi connectivity index (χ0) is 12.3. The van der Waals surface area contributed by atoms with Gasteiger partial charge in [0.15, 0.2) is 5.78 Å². The molecule has 0 saturated heterocycles. The third kappa shape index (κ3) is 3.06. The molecule has 0 aromatic carbocycles. The zero-order valence-electron chi connectivity index (χ0n) is 9.46. The van der Waals surface area contributed by atoms with Gasteiger partial charge in [0.25, 0.3) is 5.91 Å². The van der Waals surface area contributed by atoms with Crippen molar-refractivity contribution in [2.45, 2.75) is 20.8 Å². The highest BCUT2D eigenvalue weighted by Crippen LogP contribution is 2.26. The minimum absolute atomic E-state index is 0.0118.